The first-order valence-electron chi connectivity index (χ1n) is 11.4. The molecule has 0 radical (unpaired) electrons. The van der Waals surface area contributed by atoms with Gasteiger partial charge in [-0.25, -0.2) is 0 Å². The molecule has 1 heterocycles. The van der Waals surface area contributed by atoms with Crippen LogP contribution in [0.5, 0.6) is 17.2 Å². The molecule has 1 aliphatic heterocycles. The Hall–Kier alpha value is -4.13. The lowest BCUT2D eigenvalue weighted by atomic mass is 10.1. The number of anilines is 1. The van der Waals surface area contributed by atoms with Crippen LogP contribution in [0.3, 0.4) is 0 Å². The number of carbonyl (C=O) groups is 3. The number of hydrogen-bond donors (Lipinski definition) is 0. The SMILES string of the molecule is COc1ccccc1Oc1ccc(N2C[C@H](C(=O)O[C@@H](C)C(=O)c3ccc(C)cc3)CC2=O)cc1. The molecular formula is C28H27NO6. The Morgan fingerprint density at radius 3 is 2.26 bits per heavy atom. The summed E-state index contributed by atoms with van der Waals surface area (Å²) in [4.78, 5) is 39.5. The minimum absolute atomic E-state index is 0.0315. The van der Waals surface area contributed by atoms with Gasteiger partial charge >= 0.3 is 5.97 Å². The van der Waals surface area contributed by atoms with Crippen molar-refractivity contribution in [2.24, 2.45) is 5.92 Å². The van der Waals surface area contributed by atoms with Gasteiger partial charge in [-0.05, 0) is 50.2 Å². The molecule has 1 amide bonds. The minimum atomic E-state index is -0.930. The third-order valence-electron chi connectivity index (χ3n) is 5.90. The van der Waals surface area contributed by atoms with E-state index < -0.39 is 18.0 Å². The van der Waals surface area contributed by atoms with Crippen LogP contribution in [0.15, 0.2) is 72.8 Å². The monoisotopic (exact) mass is 473 g/mol. The van der Waals surface area contributed by atoms with Gasteiger partial charge in [0.25, 0.3) is 0 Å². The van der Waals surface area contributed by atoms with Crippen molar-refractivity contribution in [2.45, 2.75) is 26.4 Å². The van der Waals surface area contributed by atoms with Crippen LogP contribution in [0.4, 0.5) is 5.69 Å². The van der Waals surface area contributed by atoms with Crippen LogP contribution in [0.2, 0.25) is 0 Å². The quantitative estimate of drug-likeness (QED) is 0.340. The van der Waals surface area contributed by atoms with Crippen molar-refractivity contribution in [3.63, 3.8) is 0 Å². The number of amides is 1. The van der Waals surface area contributed by atoms with E-state index in [-0.39, 0.29) is 24.7 Å². The van der Waals surface area contributed by atoms with Crippen LogP contribution >= 0.6 is 0 Å². The second kappa shape index (κ2) is 10.4. The van der Waals surface area contributed by atoms with E-state index in [1.54, 1.807) is 67.5 Å². The standard InChI is InChI=1S/C28H27NO6/c1-18-8-10-20(11-9-18)27(31)19(2)34-28(32)21-16-26(30)29(17-21)22-12-14-23(15-13-22)35-25-7-5-4-6-24(25)33-3/h4-15,19,21H,16-17H2,1-3H3/t19-,21+/m0/s1. The maximum Gasteiger partial charge on any atom is 0.312 e. The number of nitrogens with zero attached hydrogens (tertiary/aromatic N) is 1. The highest BCUT2D eigenvalue weighted by Crippen LogP contribution is 2.33. The van der Waals surface area contributed by atoms with Crippen LogP contribution in [0.1, 0.15) is 29.3 Å². The summed E-state index contributed by atoms with van der Waals surface area (Å²) in [6.45, 7) is 3.67. The molecule has 0 N–H and O–H groups in total. The van der Waals surface area contributed by atoms with Gasteiger partial charge in [-0.2, -0.15) is 0 Å². The van der Waals surface area contributed by atoms with Crippen molar-refractivity contribution in [1.82, 2.24) is 0 Å². The van der Waals surface area contributed by atoms with Crippen LogP contribution in [-0.2, 0) is 14.3 Å². The lowest BCUT2D eigenvalue weighted by molar-refractivity contribution is -0.151. The minimum Gasteiger partial charge on any atom is -0.493 e. The van der Waals surface area contributed by atoms with Gasteiger partial charge in [-0.15, -0.1) is 0 Å². The first kappa shape index (κ1) is 24.0. The fraction of sp³-hybridized carbons (Fsp3) is 0.250. The van der Waals surface area contributed by atoms with Gasteiger partial charge in [0.05, 0.1) is 13.0 Å². The third kappa shape index (κ3) is 5.51. The zero-order chi connectivity index (χ0) is 24.9. The maximum absolute atomic E-state index is 12.7. The molecule has 4 rings (SSSR count). The highest BCUT2D eigenvalue weighted by molar-refractivity contribution is 6.02. The Morgan fingerprint density at radius 1 is 0.943 bits per heavy atom. The van der Waals surface area contributed by atoms with Gasteiger partial charge in [0.1, 0.15) is 5.75 Å². The van der Waals surface area contributed by atoms with Crippen molar-refractivity contribution in [2.75, 3.05) is 18.6 Å². The predicted octanol–water partition coefficient (Wildman–Crippen LogP) is 4.96. The number of methoxy groups -OCH3 is 1. The summed E-state index contributed by atoms with van der Waals surface area (Å²) in [5.74, 6) is 0.141. The summed E-state index contributed by atoms with van der Waals surface area (Å²) in [5, 5.41) is 0. The number of aryl methyl sites for hydroxylation is 1. The average molecular weight is 474 g/mol. The number of ketones is 1. The van der Waals surface area contributed by atoms with Gasteiger partial charge in [0.2, 0.25) is 11.7 Å². The Labute approximate surface area is 204 Å². The molecule has 0 saturated carbocycles. The van der Waals surface area contributed by atoms with Gasteiger partial charge in [-0.1, -0.05) is 42.0 Å². The van der Waals surface area contributed by atoms with E-state index in [2.05, 4.69) is 0 Å². The first-order chi connectivity index (χ1) is 16.9. The third-order valence-corrected chi connectivity index (χ3v) is 5.90. The van der Waals surface area contributed by atoms with E-state index in [0.717, 1.165) is 5.56 Å². The van der Waals surface area contributed by atoms with E-state index in [0.29, 0.717) is 28.5 Å². The number of para-hydroxylation sites is 2. The van der Waals surface area contributed by atoms with Crippen LogP contribution in [-0.4, -0.2) is 37.4 Å². The first-order valence-corrected chi connectivity index (χ1v) is 11.4. The molecule has 2 atom stereocenters. The Kier molecular flexibility index (Phi) is 7.15. The summed E-state index contributed by atoms with van der Waals surface area (Å²) in [7, 11) is 1.57. The molecule has 7 heteroatoms. The second-order valence-electron chi connectivity index (χ2n) is 8.46. The lowest BCUT2D eigenvalue weighted by Gasteiger charge is -2.18. The van der Waals surface area contributed by atoms with Crippen molar-refractivity contribution in [3.8, 4) is 17.2 Å². The fourth-order valence-electron chi connectivity index (χ4n) is 3.92. The number of hydrogen-bond acceptors (Lipinski definition) is 6. The summed E-state index contributed by atoms with van der Waals surface area (Å²) in [5.41, 5.74) is 2.17. The van der Waals surface area contributed by atoms with Gasteiger partial charge in [0.15, 0.2) is 17.6 Å². The molecule has 1 saturated heterocycles. The van der Waals surface area contributed by atoms with Crippen LogP contribution in [0, 0.1) is 12.8 Å². The summed E-state index contributed by atoms with van der Waals surface area (Å²) in [6.07, 6.45) is -0.898. The fourth-order valence-corrected chi connectivity index (χ4v) is 3.92. The average Bonchev–Trinajstić information content (AvgIpc) is 3.26. The predicted molar refractivity (Wildman–Crippen MR) is 131 cm³/mol. The Bertz CT molecular complexity index is 1220. The van der Waals surface area contributed by atoms with Crippen molar-refractivity contribution < 1.29 is 28.6 Å². The van der Waals surface area contributed by atoms with Gasteiger partial charge < -0.3 is 19.1 Å². The van der Waals surface area contributed by atoms with Crippen molar-refractivity contribution in [1.29, 1.82) is 0 Å². The van der Waals surface area contributed by atoms with Crippen molar-refractivity contribution in [3.05, 3.63) is 83.9 Å². The van der Waals surface area contributed by atoms with Gasteiger partial charge in [0, 0.05) is 24.2 Å². The molecule has 0 unspecified atom stereocenters. The smallest absolute Gasteiger partial charge is 0.312 e. The van der Waals surface area contributed by atoms with Crippen LogP contribution < -0.4 is 14.4 Å². The van der Waals surface area contributed by atoms with Crippen LogP contribution in [0.25, 0.3) is 0 Å². The topological polar surface area (TPSA) is 82.1 Å². The van der Waals surface area contributed by atoms with Crippen molar-refractivity contribution >= 4 is 23.3 Å². The summed E-state index contributed by atoms with van der Waals surface area (Å²) in [6, 6.07) is 21.4. The highest BCUT2D eigenvalue weighted by atomic mass is 16.5. The zero-order valence-electron chi connectivity index (χ0n) is 19.9. The van der Waals surface area contributed by atoms with E-state index in [1.807, 2.05) is 31.2 Å². The number of ether oxygens (including phenoxy) is 3. The molecule has 0 aromatic heterocycles. The molecule has 35 heavy (non-hydrogen) atoms. The molecule has 7 nitrogen and oxygen atoms in total. The normalized spacial score (nSPS) is 16.0. The largest absolute Gasteiger partial charge is 0.493 e. The molecule has 0 aliphatic carbocycles. The number of esters is 1. The van der Waals surface area contributed by atoms with E-state index in [9.17, 15) is 14.4 Å². The molecule has 0 bridgehead atoms. The summed E-state index contributed by atoms with van der Waals surface area (Å²) < 4.78 is 16.6. The molecule has 180 valence electrons. The molecule has 3 aromatic carbocycles. The summed E-state index contributed by atoms with van der Waals surface area (Å²) >= 11 is 0. The highest BCUT2D eigenvalue weighted by Gasteiger charge is 2.37. The Balaban J connectivity index is 1.37. The van der Waals surface area contributed by atoms with Gasteiger partial charge in [-0.3, -0.25) is 14.4 Å². The number of Topliss-reactive ketones (excluding diaryl/α,β-unsaturated/α-hetero) is 1. The molecule has 1 aliphatic rings. The number of benzene rings is 3. The Morgan fingerprint density at radius 2 is 1.60 bits per heavy atom. The molecular weight excluding hydrogens is 446 g/mol. The molecule has 3 aromatic rings. The molecule has 1 fully saturated rings. The van der Waals surface area contributed by atoms with E-state index >= 15 is 0 Å². The molecule has 0 spiro atoms. The zero-order valence-corrected chi connectivity index (χ0v) is 19.9. The number of rotatable bonds is 8. The second-order valence-corrected chi connectivity index (χ2v) is 8.46. The number of carbonyl (C=O) groups excluding carboxylic acids is 3. The van der Waals surface area contributed by atoms with E-state index in [1.165, 1.54) is 0 Å². The lowest BCUT2D eigenvalue weighted by Crippen LogP contribution is -2.30. The van der Waals surface area contributed by atoms with E-state index in [4.69, 9.17) is 14.2 Å². The maximum atomic E-state index is 12.7.